The lowest BCUT2D eigenvalue weighted by Gasteiger charge is -2.06. The average Bonchev–Trinajstić information content (AvgIpc) is 2.34. The molecule has 5 heteroatoms. The van der Waals surface area contributed by atoms with E-state index in [1.807, 2.05) is 6.07 Å². The van der Waals surface area contributed by atoms with E-state index in [2.05, 4.69) is 4.98 Å². The van der Waals surface area contributed by atoms with E-state index in [4.69, 9.17) is 40.1 Å². The van der Waals surface area contributed by atoms with Crippen molar-refractivity contribution in [3.8, 4) is 17.3 Å². The first-order valence-corrected chi connectivity index (χ1v) is 5.77. The fourth-order valence-corrected chi connectivity index (χ4v) is 2.09. The van der Waals surface area contributed by atoms with Gasteiger partial charge in [-0.25, -0.2) is 4.98 Å². The lowest BCUT2D eigenvalue weighted by atomic mass is 10.1. The summed E-state index contributed by atoms with van der Waals surface area (Å²) in [5, 5.41) is 9.99. The molecule has 0 saturated heterocycles. The molecule has 1 heterocycles. The highest BCUT2D eigenvalue weighted by atomic mass is 35.5. The third kappa shape index (κ3) is 2.53. The molecule has 0 saturated carbocycles. The standard InChI is InChI=1S/C12H5Cl3N2/c13-7-4-9(12(15)10(14)5-7)11-3-1-2-8(6-16)17-11/h1-5H. The molecule has 0 aliphatic heterocycles. The minimum Gasteiger partial charge on any atom is -0.237 e. The summed E-state index contributed by atoms with van der Waals surface area (Å²) < 4.78 is 0. The lowest BCUT2D eigenvalue weighted by Crippen LogP contribution is -1.88. The van der Waals surface area contributed by atoms with Crippen molar-refractivity contribution >= 4 is 34.8 Å². The molecule has 84 valence electrons. The van der Waals surface area contributed by atoms with E-state index in [-0.39, 0.29) is 0 Å². The van der Waals surface area contributed by atoms with Gasteiger partial charge >= 0.3 is 0 Å². The van der Waals surface area contributed by atoms with Gasteiger partial charge in [-0.2, -0.15) is 5.26 Å². The Kier molecular flexibility index (Phi) is 3.54. The molecule has 0 unspecified atom stereocenters. The first-order valence-electron chi connectivity index (χ1n) is 4.64. The minimum atomic E-state index is 0.315. The summed E-state index contributed by atoms with van der Waals surface area (Å²) in [5.74, 6) is 0. The maximum absolute atomic E-state index is 8.79. The maximum atomic E-state index is 8.79. The molecule has 0 amide bonds. The predicted octanol–water partition coefficient (Wildman–Crippen LogP) is 4.58. The Morgan fingerprint density at radius 2 is 1.88 bits per heavy atom. The molecule has 0 aliphatic rings. The van der Waals surface area contributed by atoms with Crippen LogP contribution in [-0.2, 0) is 0 Å². The molecule has 0 aliphatic carbocycles. The van der Waals surface area contributed by atoms with Crippen molar-refractivity contribution in [3.05, 3.63) is 51.1 Å². The smallest absolute Gasteiger partial charge is 0.141 e. The van der Waals surface area contributed by atoms with Gasteiger partial charge in [-0.15, -0.1) is 0 Å². The SMILES string of the molecule is N#Cc1cccc(-c2cc(Cl)cc(Cl)c2Cl)n1. The Morgan fingerprint density at radius 3 is 2.59 bits per heavy atom. The summed E-state index contributed by atoms with van der Waals surface area (Å²) in [7, 11) is 0. The Morgan fingerprint density at radius 1 is 1.12 bits per heavy atom. The highest BCUT2D eigenvalue weighted by Crippen LogP contribution is 2.35. The molecule has 0 bridgehead atoms. The van der Waals surface area contributed by atoms with Gasteiger partial charge in [0.1, 0.15) is 11.8 Å². The third-order valence-corrected chi connectivity index (χ3v) is 3.15. The second-order valence-corrected chi connectivity index (χ2v) is 4.49. The zero-order chi connectivity index (χ0) is 12.4. The van der Waals surface area contributed by atoms with Gasteiger partial charge in [0.25, 0.3) is 0 Å². The lowest BCUT2D eigenvalue weighted by molar-refractivity contribution is 1.27. The summed E-state index contributed by atoms with van der Waals surface area (Å²) in [6, 6.07) is 10.3. The van der Waals surface area contributed by atoms with Crippen LogP contribution < -0.4 is 0 Å². The summed E-state index contributed by atoms with van der Waals surface area (Å²) in [6.07, 6.45) is 0. The Bertz CT molecular complexity index is 618. The monoisotopic (exact) mass is 282 g/mol. The van der Waals surface area contributed by atoms with Gasteiger partial charge < -0.3 is 0 Å². The molecule has 2 nitrogen and oxygen atoms in total. The number of halogens is 3. The van der Waals surface area contributed by atoms with Gasteiger partial charge in [0.2, 0.25) is 0 Å². The molecule has 2 rings (SSSR count). The molecular formula is C12H5Cl3N2. The van der Waals surface area contributed by atoms with Crippen LogP contribution in [0.4, 0.5) is 0 Å². The van der Waals surface area contributed by atoms with Crippen LogP contribution in [0, 0.1) is 11.3 Å². The van der Waals surface area contributed by atoms with Crippen LogP contribution >= 0.6 is 34.8 Å². The molecule has 0 spiro atoms. The Balaban J connectivity index is 2.64. The highest BCUT2D eigenvalue weighted by molar-refractivity contribution is 6.45. The second kappa shape index (κ2) is 4.93. The highest BCUT2D eigenvalue weighted by Gasteiger charge is 2.10. The van der Waals surface area contributed by atoms with Crippen LogP contribution in [-0.4, -0.2) is 4.98 Å². The summed E-state index contributed by atoms with van der Waals surface area (Å²) >= 11 is 17.9. The molecule has 1 aromatic carbocycles. The molecule has 0 fully saturated rings. The van der Waals surface area contributed by atoms with Crippen LogP contribution in [0.15, 0.2) is 30.3 Å². The maximum Gasteiger partial charge on any atom is 0.141 e. The van der Waals surface area contributed by atoms with E-state index >= 15 is 0 Å². The Hall–Kier alpha value is -1.27. The van der Waals surface area contributed by atoms with Gasteiger partial charge in [0.15, 0.2) is 0 Å². The summed E-state index contributed by atoms with van der Waals surface area (Å²) in [6.45, 7) is 0. The predicted molar refractivity (Wildman–Crippen MR) is 69.4 cm³/mol. The van der Waals surface area contributed by atoms with Crippen LogP contribution in [0.5, 0.6) is 0 Å². The number of pyridine rings is 1. The van der Waals surface area contributed by atoms with Crippen LogP contribution in [0.1, 0.15) is 5.69 Å². The quantitative estimate of drug-likeness (QED) is 0.718. The average molecular weight is 284 g/mol. The van der Waals surface area contributed by atoms with E-state index in [1.54, 1.807) is 30.3 Å². The number of rotatable bonds is 1. The zero-order valence-electron chi connectivity index (χ0n) is 8.42. The second-order valence-electron chi connectivity index (χ2n) is 3.27. The molecule has 0 radical (unpaired) electrons. The fraction of sp³-hybridized carbons (Fsp3) is 0. The summed E-state index contributed by atoms with van der Waals surface area (Å²) in [4.78, 5) is 4.14. The van der Waals surface area contributed by atoms with Crippen LogP contribution in [0.2, 0.25) is 15.1 Å². The molecule has 0 N–H and O–H groups in total. The van der Waals surface area contributed by atoms with Crippen molar-refractivity contribution in [1.29, 1.82) is 5.26 Å². The van der Waals surface area contributed by atoms with Crippen molar-refractivity contribution in [2.75, 3.05) is 0 Å². The molecule has 17 heavy (non-hydrogen) atoms. The number of nitrogens with zero attached hydrogens (tertiary/aromatic N) is 2. The Labute approximate surface area is 113 Å². The third-order valence-electron chi connectivity index (χ3n) is 2.13. The first kappa shape index (κ1) is 12.2. The van der Waals surface area contributed by atoms with Gasteiger partial charge in [-0.1, -0.05) is 40.9 Å². The fourth-order valence-electron chi connectivity index (χ4n) is 1.39. The first-order chi connectivity index (χ1) is 8.11. The molecular weight excluding hydrogens is 279 g/mol. The van der Waals surface area contributed by atoms with Gasteiger partial charge in [0.05, 0.1) is 15.7 Å². The zero-order valence-corrected chi connectivity index (χ0v) is 10.7. The van der Waals surface area contributed by atoms with Crippen molar-refractivity contribution < 1.29 is 0 Å². The van der Waals surface area contributed by atoms with E-state index < -0.39 is 0 Å². The number of hydrogen-bond donors (Lipinski definition) is 0. The summed E-state index contributed by atoms with van der Waals surface area (Å²) in [5.41, 5.74) is 1.49. The molecule has 2 aromatic rings. The van der Waals surface area contributed by atoms with E-state index in [9.17, 15) is 0 Å². The van der Waals surface area contributed by atoms with Crippen molar-refractivity contribution in [2.24, 2.45) is 0 Å². The van der Waals surface area contributed by atoms with E-state index in [0.717, 1.165) is 0 Å². The van der Waals surface area contributed by atoms with Gasteiger partial charge in [0, 0.05) is 10.6 Å². The van der Waals surface area contributed by atoms with Gasteiger partial charge in [-0.3, -0.25) is 0 Å². The number of benzene rings is 1. The normalized spacial score (nSPS) is 10.0. The van der Waals surface area contributed by atoms with Crippen LogP contribution in [0.3, 0.4) is 0 Å². The number of nitriles is 1. The molecule has 0 atom stereocenters. The minimum absolute atomic E-state index is 0.315. The topological polar surface area (TPSA) is 36.7 Å². The van der Waals surface area contributed by atoms with E-state index in [0.29, 0.717) is 32.0 Å². The number of hydrogen-bond acceptors (Lipinski definition) is 2. The largest absolute Gasteiger partial charge is 0.237 e. The van der Waals surface area contributed by atoms with Crippen molar-refractivity contribution in [1.82, 2.24) is 4.98 Å². The van der Waals surface area contributed by atoms with Gasteiger partial charge in [-0.05, 0) is 24.3 Å². The van der Waals surface area contributed by atoms with Crippen molar-refractivity contribution in [3.63, 3.8) is 0 Å². The molecule has 1 aromatic heterocycles. The number of aromatic nitrogens is 1. The van der Waals surface area contributed by atoms with Crippen molar-refractivity contribution in [2.45, 2.75) is 0 Å². The van der Waals surface area contributed by atoms with E-state index in [1.165, 1.54) is 0 Å². The van der Waals surface area contributed by atoms with Crippen LogP contribution in [0.25, 0.3) is 11.3 Å².